The van der Waals surface area contributed by atoms with Gasteiger partial charge in [0.15, 0.2) is 9.84 Å². The molecule has 1 atom stereocenters. The van der Waals surface area contributed by atoms with Gasteiger partial charge in [0.1, 0.15) is 6.29 Å². The molecule has 0 spiro atoms. The fourth-order valence-corrected chi connectivity index (χ4v) is 4.08. The number of anilines is 1. The van der Waals surface area contributed by atoms with Crippen molar-refractivity contribution in [3.05, 3.63) is 29.3 Å². The Morgan fingerprint density at radius 2 is 2.11 bits per heavy atom. The molecule has 0 saturated carbocycles. The molecule has 1 unspecified atom stereocenters. The van der Waals surface area contributed by atoms with Gasteiger partial charge < -0.3 is 4.90 Å². The van der Waals surface area contributed by atoms with Gasteiger partial charge in [-0.3, -0.25) is 4.79 Å². The lowest BCUT2D eigenvalue weighted by molar-refractivity contribution is 0.112. The Balaban J connectivity index is 2.22. The van der Waals surface area contributed by atoms with Crippen molar-refractivity contribution in [1.29, 1.82) is 0 Å². The number of carbonyl (C=O) groups is 1. The molecule has 2 rings (SSSR count). The highest BCUT2D eigenvalue weighted by molar-refractivity contribution is 7.91. The lowest BCUT2D eigenvalue weighted by Crippen LogP contribution is -2.32. The van der Waals surface area contributed by atoms with E-state index in [1.807, 2.05) is 31.0 Å². The minimum atomic E-state index is -2.87. The minimum Gasteiger partial charge on any atom is -0.371 e. The number of nitrogens with zero attached hydrogens (tertiary/aromatic N) is 1. The maximum atomic E-state index is 11.5. The van der Waals surface area contributed by atoms with Crippen LogP contribution in [0.3, 0.4) is 0 Å². The van der Waals surface area contributed by atoms with Crippen molar-refractivity contribution in [2.75, 3.05) is 23.5 Å². The molecule has 0 N–H and O–H groups in total. The molecule has 1 saturated heterocycles. The molecule has 0 radical (unpaired) electrons. The summed E-state index contributed by atoms with van der Waals surface area (Å²) in [6.45, 7) is 1.88. The molecule has 0 aromatic heterocycles. The lowest BCUT2D eigenvalue weighted by Gasteiger charge is -2.26. The van der Waals surface area contributed by atoms with Gasteiger partial charge in [0.2, 0.25) is 0 Å². The standard InChI is InChI=1S/C13H17NO3S/c1-10-7-12(4-3-11(10)8-15)14(2)13-5-6-18(16,17)9-13/h3-4,7-8,13H,5-6,9H2,1-2H3. The molecule has 98 valence electrons. The molecular formula is C13H17NO3S. The van der Waals surface area contributed by atoms with Gasteiger partial charge in [0, 0.05) is 24.3 Å². The van der Waals surface area contributed by atoms with Crippen LogP contribution in [-0.4, -0.2) is 39.3 Å². The Morgan fingerprint density at radius 3 is 2.61 bits per heavy atom. The average Bonchev–Trinajstić information content (AvgIpc) is 2.68. The summed E-state index contributed by atoms with van der Waals surface area (Å²) < 4.78 is 22.9. The second-order valence-electron chi connectivity index (χ2n) is 4.83. The molecule has 0 aliphatic carbocycles. The van der Waals surface area contributed by atoms with Crippen molar-refractivity contribution < 1.29 is 13.2 Å². The van der Waals surface area contributed by atoms with Crippen molar-refractivity contribution in [2.45, 2.75) is 19.4 Å². The van der Waals surface area contributed by atoms with Crippen molar-refractivity contribution in [2.24, 2.45) is 0 Å². The van der Waals surface area contributed by atoms with Crippen LogP contribution in [0.4, 0.5) is 5.69 Å². The van der Waals surface area contributed by atoms with Crippen LogP contribution in [0.5, 0.6) is 0 Å². The molecule has 1 aromatic rings. The number of rotatable bonds is 3. The summed E-state index contributed by atoms with van der Waals surface area (Å²) in [7, 11) is -0.966. The Bertz CT molecular complexity index is 566. The van der Waals surface area contributed by atoms with Crippen LogP contribution in [-0.2, 0) is 9.84 Å². The summed E-state index contributed by atoms with van der Waals surface area (Å²) in [6, 6.07) is 5.60. The Morgan fingerprint density at radius 1 is 1.39 bits per heavy atom. The summed E-state index contributed by atoms with van der Waals surface area (Å²) in [5.41, 5.74) is 2.54. The third kappa shape index (κ3) is 2.56. The van der Waals surface area contributed by atoms with E-state index in [2.05, 4.69) is 0 Å². The number of aldehydes is 1. The quantitative estimate of drug-likeness (QED) is 0.777. The summed E-state index contributed by atoms with van der Waals surface area (Å²) in [4.78, 5) is 12.7. The van der Waals surface area contributed by atoms with Gasteiger partial charge >= 0.3 is 0 Å². The van der Waals surface area contributed by atoms with Crippen LogP contribution < -0.4 is 4.90 Å². The number of hydrogen-bond acceptors (Lipinski definition) is 4. The molecule has 1 aromatic carbocycles. The molecule has 0 bridgehead atoms. The third-order valence-electron chi connectivity index (χ3n) is 3.54. The molecule has 0 amide bonds. The molecule has 1 fully saturated rings. The van der Waals surface area contributed by atoms with E-state index in [0.717, 1.165) is 17.5 Å². The Labute approximate surface area is 108 Å². The highest BCUT2D eigenvalue weighted by Gasteiger charge is 2.30. The van der Waals surface area contributed by atoms with Crippen LogP contribution in [0, 0.1) is 6.92 Å². The second-order valence-corrected chi connectivity index (χ2v) is 7.06. The maximum absolute atomic E-state index is 11.5. The molecule has 1 heterocycles. The molecule has 18 heavy (non-hydrogen) atoms. The molecule has 1 aliphatic rings. The molecule has 1 aliphatic heterocycles. The predicted molar refractivity (Wildman–Crippen MR) is 72.0 cm³/mol. The van der Waals surface area contributed by atoms with Crippen molar-refractivity contribution >= 4 is 21.8 Å². The molecular weight excluding hydrogens is 250 g/mol. The summed E-state index contributed by atoms with van der Waals surface area (Å²) >= 11 is 0. The van der Waals surface area contributed by atoms with Crippen LogP contribution >= 0.6 is 0 Å². The van der Waals surface area contributed by atoms with Gasteiger partial charge in [-0.1, -0.05) is 0 Å². The van der Waals surface area contributed by atoms with E-state index in [-0.39, 0.29) is 17.5 Å². The van der Waals surface area contributed by atoms with Gasteiger partial charge in [0.05, 0.1) is 11.5 Å². The van der Waals surface area contributed by atoms with Gasteiger partial charge in [0.25, 0.3) is 0 Å². The maximum Gasteiger partial charge on any atom is 0.152 e. The van der Waals surface area contributed by atoms with Gasteiger partial charge in [-0.25, -0.2) is 8.42 Å². The van der Waals surface area contributed by atoms with E-state index >= 15 is 0 Å². The van der Waals surface area contributed by atoms with Crippen LogP contribution in [0.25, 0.3) is 0 Å². The monoisotopic (exact) mass is 267 g/mol. The van der Waals surface area contributed by atoms with Crippen molar-refractivity contribution in [3.63, 3.8) is 0 Å². The number of sulfone groups is 1. The predicted octanol–water partition coefficient (Wildman–Crippen LogP) is 1.43. The smallest absolute Gasteiger partial charge is 0.152 e. The zero-order valence-electron chi connectivity index (χ0n) is 10.6. The average molecular weight is 267 g/mol. The number of hydrogen-bond donors (Lipinski definition) is 0. The van der Waals surface area contributed by atoms with Crippen molar-refractivity contribution in [1.82, 2.24) is 0 Å². The Kier molecular flexibility index (Phi) is 3.43. The zero-order valence-corrected chi connectivity index (χ0v) is 11.4. The van der Waals surface area contributed by atoms with Gasteiger partial charge in [-0.15, -0.1) is 0 Å². The van der Waals surface area contributed by atoms with Gasteiger partial charge in [-0.05, 0) is 37.1 Å². The highest BCUT2D eigenvalue weighted by atomic mass is 32.2. The van der Waals surface area contributed by atoms with E-state index in [1.165, 1.54) is 0 Å². The molecule has 4 nitrogen and oxygen atoms in total. The normalized spacial score (nSPS) is 21.8. The van der Waals surface area contributed by atoms with E-state index in [9.17, 15) is 13.2 Å². The SMILES string of the molecule is Cc1cc(N(C)C2CCS(=O)(=O)C2)ccc1C=O. The first-order chi connectivity index (χ1) is 8.43. The minimum absolute atomic E-state index is 0.0384. The topological polar surface area (TPSA) is 54.5 Å². The van der Waals surface area contributed by atoms with E-state index in [1.54, 1.807) is 6.07 Å². The summed E-state index contributed by atoms with van der Waals surface area (Å²) in [6.07, 6.45) is 1.51. The fraction of sp³-hybridized carbons (Fsp3) is 0.462. The number of carbonyl (C=O) groups excluding carboxylic acids is 1. The first-order valence-electron chi connectivity index (χ1n) is 5.92. The lowest BCUT2D eigenvalue weighted by atomic mass is 10.1. The highest BCUT2D eigenvalue weighted by Crippen LogP contribution is 2.24. The zero-order chi connectivity index (χ0) is 13.3. The number of benzene rings is 1. The first-order valence-corrected chi connectivity index (χ1v) is 7.74. The first kappa shape index (κ1) is 13.1. The number of aryl methyl sites for hydroxylation is 1. The summed E-state index contributed by atoms with van der Waals surface area (Å²) in [5, 5.41) is 0. The fourth-order valence-electron chi connectivity index (χ4n) is 2.30. The van der Waals surface area contributed by atoms with E-state index in [0.29, 0.717) is 12.0 Å². The van der Waals surface area contributed by atoms with Crippen LogP contribution in [0.2, 0.25) is 0 Å². The van der Waals surface area contributed by atoms with Crippen LogP contribution in [0.15, 0.2) is 18.2 Å². The largest absolute Gasteiger partial charge is 0.371 e. The molecule has 5 heteroatoms. The Hall–Kier alpha value is -1.36. The second kappa shape index (κ2) is 4.72. The van der Waals surface area contributed by atoms with Crippen LogP contribution in [0.1, 0.15) is 22.3 Å². The van der Waals surface area contributed by atoms with E-state index in [4.69, 9.17) is 0 Å². The third-order valence-corrected chi connectivity index (χ3v) is 5.29. The van der Waals surface area contributed by atoms with E-state index < -0.39 is 9.84 Å². The summed E-state index contributed by atoms with van der Waals surface area (Å²) in [5.74, 6) is 0.491. The van der Waals surface area contributed by atoms with Crippen molar-refractivity contribution in [3.8, 4) is 0 Å². The van der Waals surface area contributed by atoms with Gasteiger partial charge in [-0.2, -0.15) is 0 Å².